The molecule has 86 valence electrons. The van der Waals surface area contributed by atoms with Crippen molar-refractivity contribution in [1.29, 1.82) is 0 Å². The Hall–Kier alpha value is -1.28. The van der Waals surface area contributed by atoms with Gasteiger partial charge in [0, 0.05) is 0 Å². The number of hydrogen-bond donors (Lipinski definition) is 0. The maximum Gasteiger partial charge on any atom is 0.460 e. The molecule has 2 nitrogen and oxygen atoms in total. The molecule has 0 aromatic carbocycles. The van der Waals surface area contributed by atoms with Gasteiger partial charge in [-0.15, -0.1) is 0 Å². The molecule has 0 saturated heterocycles. The monoisotopic (exact) mass is 237 g/mol. The number of aromatic nitrogens is 1. The summed E-state index contributed by atoms with van der Waals surface area (Å²) in [5.41, 5.74) is 0. The van der Waals surface area contributed by atoms with Gasteiger partial charge in [-0.3, -0.25) is 0 Å². The van der Waals surface area contributed by atoms with Crippen LogP contribution >= 0.6 is 0 Å². The first-order chi connectivity index (χ1) is 6.61. The zero-order chi connectivity index (χ0) is 11.9. The van der Waals surface area contributed by atoms with Gasteiger partial charge < -0.3 is 4.42 Å². The van der Waals surface area contributed by atoms with E-state index in [0.29, 0.717) is 6.39 Å². The molecular weight excluding hydrogens is 235 g/mol. The Labute approximate surface area is 77.7 Å². The Morgan fingerprint density at radius 3 is 1.87 bits per heavy atom. The lowest BCUT2D eigenvalue weighted by Gasteiger charge is -2.26. The third-order valence-corrected chi connectivity index (χ3v) is 1.49. The third kappa shape index (κ3) is 1.65. The highest BCUT2D eigenvalue weighted by atomic mass is 19.4. The average molecular weight is 237 g/mol. The summed E-state index contributed by atoms with van der Waals surface area (Å²) in [6, 6.07) is 0. The average Bonchev–Trinajstić information content (AvgIpc) is 2.53. The highest BCUT2D eigenvalue weighted by Gasteiger charge is 2.75. The van der Waals surface area contributed by atoms with E-state index in [1.165, 1.54) is 0 Å². The molecule has 1 rings (SSSR count). The van der Waals surface area contributed by atoms with Crippen LogP contribution in [0.4, 0.5) is 30.7 Å². The van der Waals surface area contributed by atoms with E-state index in [4.69, 9.17) is 0 Å². The summed E-state index contributed by atoms with van der Waals surface area (Å²) in [4.78, 5) is 2.84. The number of hydrogen-bond acceptors (Lipinski definition) is 2. The summed E-state index contributed by atoms with van der Waals surface area (Å²) in [6.07, 6.45) is -5.95. The topological polar surface area (TPSA) is 26.0 Å². The SMILES string of the molecule is FC(F)(F)C(F)(F)C(F)(F)c1cnco1. The second-order valence-corrected chi connectivity index (χ2v) is 2.51. The fourth-order valence-electron chi connectivity index (χ4n) is 0.704. The van der Waals surface area contributed by atoms with Crippen molar-refractivity contribution in [3.63, 3.8) is 0 Å². The Morgan fingerprint density at radius 2 is 1.53 bits per heavy atom. The predicted molar refractivity (Wildman–Crippen MR) is 31.4 cm³/mol. The van der Waals surface area contributed by atoms with Crippen LogP contribution in [0.15, 0.2) is 17.0 Å². The lowest BCUT2D eigenvalue weighted by Crippen LogP contribution is -2.49. The summed E-state index contributed by atoms with van der Waals surface area (Å²) in [5.74, 6) is -13.5. The van der Waals surface area contributed by atoms with Gasteiger partial charge >= 0.3 is 18.0 Å². The molecule has 1 aromatic heterocycles. The smallest absolute Gasteiger partial charge is 0.442 e. The van der Waals surface area contributed by atoms with E-state index in [1.54, 1.807) is 0 Å². The predicted octanol–water partition coefficient (Wildman–Crippen LogP) is 2.96. The van der Waals surface area contributed by atoms with E-state index in [2.05, 4.69) is 9.40 Å². The molecule has 0 unspecified atom stereocenters. The van der Waals surface area contributed by atoms with Crippen LogP contribution in [0.2, 0.25) is 0 Å². The number of alkyl halides is 7. The molecule has 9 heteroatoms. The van der Waals surface area contributed by atoms with Gasteiger partial charge in [0.15, 0.2) is 12.2 Å². The molecule has 0 amide bonds. The van der Waals surface area contributed by atoms with Gasteiger partial charge in [-0.05, 0) is 0 Å². The van der Waals surface area contributed by atoms with Crippen LogP contribution in [0.5, 0.6) is 0 Å². The summed E-state index contributed by atoms with van der Waals surface area (Å²) in [7, 11) is 0. The second kappa shape index (κ2) is 3.11. The number of oxazole rings is 1. The van der Waals surface area contributed by atoms with Gasteiger partial charge in [0.05, 0.1) is 6.20 Å². The molecule has 0 aliphatic heterocycles. The molecular formula is C6H2F7NO. The molecule has 0 bridgehead atoms. The van der Waals surface area contributed by atoms with Crippen LogP contribution in [0.3, 0.4) is 0 Å². The maximum absolute atomic E-state index is 12.7. The van der Waals surface area contributed by atoms with Crippen molar-refractivity contribution in [2.24, 2.45) is 0 Å². The fourth-order valence-corrected chi connectivity index (χ4v) is 0.704. The van der Waals surface area contributed by atoms with E-state index in [0.717, 1.165) is 0 Å². The maximum atomic E-state index is 12.7. The van der Waals surface area contributed by atoms with Crippen LogP contribution in [0.1, 0.15) is 5.76 Å². The first-order valence-corrected chi connectivity index (χ1v) is 3.32. The molecule has 15 heavy (non-hydrogen) atoms. The van der Waals surface area contributed by atoms with Crippen molar-refractivity contribution in [2.75, 3.05) is 0 Å². The second-order valence-electron chi connectivity index (χ2n) is 2.51. The minimum Gasteiger partial charge on any atom is -0.442 e. The minimum atomic E-state index is -6.37. The normalized spacial score (nSPS) is 14.3. The molecule has 1 aromatic rings. The van der Waals surface area contributed by atoms with Gasteiger partial charge in [-0.1, -0.05) is 0 Å². The minimum absolute atomic E-state index is 0.0969. The number of nitrogens with zero attached hydrogens (tertiary/aromatic N) is 1. The van der Waals surface area contributed by atoms with Crippen molar-refractivity contribution in [1.82, 2.24) is 4.98 Å². The zero-order valence-corrected chi connectivity index (χ0v) is 6.66. The molecule has 0 aliphatic carbocycles. The van der Waals surface area contributed by atoms with Crippen LogP contribution < -0.4 is 0 Å². The van der Waals surface area contributed by atoms with E-state index < -0.39 is 23.8 Å². The summed E-state index contributed by atoms with van der Waals surface area (Å²) < 4.78 is 88.6. The molecule has 0 N–H and O–H groups in total. The highest BCUT2D eigenvalue weighted by molar-refractivity contribution is 5.07. The molecule has 0 radical (unpaired) electrons. The van der Waals surface area contributed by atoms with Crippen LogP contribution in [0, 0.1) is 0 Å². The van der Waals surface area contributed by atoms with Gasteiger partial charge in [0.1, 0.15) is 0 Å². The first-order valence-electron chi connectivity index (χ1n) is 3.32. The Morgan fingerprint density at radius 1 is 1.00 bits per heavy atom. The standard InChI is InChI=1S/C6H2F7NO/c7-4(8,3-1-14-2-15-3)5(9,10)6(11,12)13/h1-2H. The fraction of sp³-hybridized carbons (Fsp3) is 0.500. The lowest BCUT2D eigenvalue weighted by atomic mass is 10.1. The van der Waals surface area contributed by atoms with Crippen LogP contribution in [-0.4, -0.2) is 17.1 Å². The van der Waals surface area contributed by atoms with Crippen molar-refractivity contribution in [3.05, 3.63) is 18.4 Å². The van der Waals surface area contributed by atoms with E-state index >= 15 is 0 Å². The Bertz CT molecular complexity index is 328. The Balaban J connectivity index is 3.17. The lowest BCUT2D eigenvalue weighted by molar-refractivity contribution is -0.363. The summed E-state index contributed by atoms with van der Waals surface area (Å²) >= 11 is 0. The van der Waals surface area contributed by atoms with Gasteiger partial charge in [0.25, 0.3) is 0 Å². The van der Waals surface area contributed by atoms with Crippen molar-refractivity contribution < 1.29 is 35.2 Å². The van der Waals surface area contributed by atoms with E-state index in [-0.39, 0.29) is 6.20 Å². The molecule has 0 aliphatic rings. The molecule has 0 fully saturated rings. The highest BCUT2D eigenvalue weighted by Crippen LogP contribution is 2.51. The molecule has 0 saturated carbocycles. The third-order valence-electron chi connectivity index (χ3n) is 1.49. The van der Waals surface area contributed by atoms with E-state index in [1.807, 2.05) is 0 Å². The van der Waals surface area contributed by atoms with Gasteiger partial charge in [0.2, 0.25) is 0 Å². The molecule has 1 heterocycles. The zero-order valence-electron chi connectivity index (χ0n) is 6.66. The number of halogens is 7. The summed E-state index contributed by atoms with van der Waals surface area (Å²) in [6.45, 7) is 0. The van der Waals surface area contributed by atoms with Crippen molar-refractivity contribution in [3.8, 4) is 0 Å². The van der Waals surface area contributed by atoms with Crippen LogP contribution in [-0.2, 0) is 5.92 Å². The molecule has 0 spiro atoms. The van der Waals surface area contributed by atoms with E-state index in [9.17, 15) is 30.7 Å². The molecule has 0 atom stereocenters. The van der Waals surface area contributed by atoms with Crippen LogP contribution in [0.25, 0.3) is 0 Å². The van der Waals surface area contributed by atoms with Gasteiger partial charge in [-0.2, -0.15) is 30.7 Å². The van der Waals surface area contributed by atoms with Crippen molar-refractivity contribution in [2.45, 2.75) is 18.0 Å². The van der Waals surface area contributed by atoms with Gasteiger partial charge in [-0.25, -0.2) is 4.98 Å². The van der Waals surface area contributed by atoms with Crippen molar-refractivity contribution >= 4 is 0 Å². The number of rotatable bonds is 2. The largest absolute Gasteiger partial charge is 0.460 e. The Kier molecular flexibility index (Phi) is 2.44. The summed E-state index contributed by atoms with van der Waals surface area (Å²) in [5, 5.41) is 0. The first kappa shape index (κ1) is 11.8. The quantitative estimate of drug-likeness (QED) is 0.739.